The van der Waals surface area contributed by atoms with Crippen LogP contribution in [0.1, 0.15) is 89.5 Å². The maximum absolute atomic E-state index is 13.7. The van der Waals surface area contributed by atoms with Gasteiger partial charge in [0.15, 0.2) is 14.4 Å². The lowest BCUT2D eigenvalue weighted by Crippen LogP contribution is -2.60. The van der Waals surface area contributed by atoms with Crippen LogP contribution in [-0.4, -0.2) is 30.3 Å². The minimum absolute atomic E-state index is 0.00969. The predicted molar refractivity (Wildman–Crippen MR) is 184 cm³/mol. The Morgan fingerprint density at radius 3 is 1.96 bits per heavy atom. The number of unbranched alkanes of at least 4 members (excludes halogenated alkanes) is 8. The monoisotopic (exact) mass is 667 g/mol. The molecule has 0 saturated carbocycles. The van der Waals surface area contributed by atoms with Crippen molar-refractivity contribution < 1.29 is 37.9 Å². The van der Waals surface area contributed by atoms with E-state index in [2.05, 4.69) is 12.2 Å². The van der Waals surface area contributed by atoms with Gasteiger partial charge >= 0.3 is 5.97 Å². The van der Waals surface area contributed by atoms with Gasteiger partial charge in [-0.15, -0.1) is 0 Å². The molecule has 256 valence electrons. The molecule has 9 nitrogen and oxygen atoms in total. The summed E-state index contributed by atoms with van der Waals surface area (Å²) in [5.41, 5.74) is -1.03. The van der Waals surface area contributed by atoms with Crippen molar-refractivity contribution in [1.82, 2.24) is 5.32 Å². The van der Waals surface area contributed by atoms with Gasteiger partial charge in [-0.25, -0.2) is 9.68 Å². The lowest BCUT2D eigenvalue weighted by atomic mass is 10.0. The molecule has 0 fully saturated rings. The highest BCUT2D eigenvalue weighted by atomic mass is 31.1. The molecule has 3 aromatic carbocycles. The highest BCUT2D eigenvalue weighted by molar-refractivity contribution is 7.17. The summed E-state index contributed by atoms with van der Waals surface area (Å²) in [6, 6.07) is 26.9. The van der Waals surface area contributed by atoms with Gasteiger partial charge in [0.05, 0.1) is 25.7 Å². The third-order valence-electron chi connectivity index (χ3n) is 7.67. The predicted octanol–water partition coefficient (Wildman–Crippen LogP) is 8.39. The summed E-state index contributed by atoms with van der Waals surface area (Å²) < 4.78 is 28.7. The van der Waals surface area contributed by atoms with Crippen LogP contribution in [0, 0.1) is 0 Å². The minimum atomic E-state index is -2.04. The fourth-order valence-electron chi connectivity index (χ4n) is 5.10. The lowest BCUT2D eigenvalue weighted by molar-refractivity contribution is -0.234. The summed E-state index contributed by atoms with van der Waals surface area (Å²) in [7, 11) is -1.54. The molecule has 0 aromatic heterocycles. The molecular formula is C37H50NO8P. The molecule has 3 atom stereocenters. The number of ether oxygens (including phenoxy) is 2. The van der Waals surface area contributed by atoms with E-state index in [-0.39, 0.29) is 25.2 Å². The second-order valence-electron chi connectivity index (χ2n) is 11.5. The van der Waals surface area contributed by atoms with E-state index in [0.29, 0.717) is 18.8 Å². The number of para-hydroxylation sites is 2. The topological polar surface area (TPSA) is 109 Å². The molecule has 3 rings (SSSR count). The Bertz CT molecular complexity index is 1280. The van der Waals surface area contributed by atoms with Crippen LogP contribution >= 0.6 is 8.69 Å². The van der Waals surface area contributed by atoms with Crippen LogP contribution in [0.3, 0.4) is 0 Å². The summed E-state index contributed by atoms with van der Waals surface area (Å²) in [5, 5.41) is 2.77. The van der Waals surface area contributed by atoms with E-state index < -0.39 is 32.4 Å². The molecule has 0 aliphatic carbocycles. The van der Waals surface area contributed by atoms with Crippen LogP contribution < -0.4 is 14.9 Å². The Balaban J connectivity index is 1.72. The SMILES string of the molecule is CCCCCCCCCCCC(CC(=O)NC(CCO[PH2]=O)(Oc1ccccc1)C(=O)OOc1ccccc1)OCc1ccccc1. The Morgan fingerprint density at radius 2 is 1.34 bits per heavy atom. The summed E-state index contributed by atoms with van der Waals surface area (Å²) in [4.78, 5) is 37.9. The smallest absolute Gasteiger partial charge is 0.419 e. The Morgan fingerprint density at radius 1 is 0.766 bits per heavy atom. The zero-order valence-electron chi connectivity index (χ0n) is 27.5. The average molecular weight is 668 g/mol. The van der Waals surface area contributed by atoms with E-state index in [1.54, 1.807) is 60.7 Å². The molecule has 0 radical (unpaired) electrons. The number of rotatable bonds is 25. The van der Waals surface area contributed by atoms with Crippen molar-refractivity contribution in [2.24, 2.45) is 0 Å². The van der Waals surface area contributed by atoms with Crippen molar-refractivity contribution in [3.05, 3.63) is 96.6 Å². The molecule has 1 amide bonds. The molecule has 3 aromatic rings. The first-order valence-corrected chi connectivity index (χ1v) is 17.7. The van der Waals surface area contributed by atoms with Gasteiger partial charge in [-0.1, -0.05) is 131 Å². The number of carbonyl (C=O) groups excluding carboxylic acids is 2. The lowest BCUT2D eigenvalue weighted by Gasteiger charge is -2.32. The van der Waals surface area contributed by atoms with Crippen LogP contribution in [0.25, 0.3) is 0 Å². The fraction of sp³-hybridized carbons (Fsp3) is 0.459. The fourth-order valence-corrected chi connectivity index (χ4v) is 5.32. The zero-order chi connectivity index (χ0) is 33.4. The normalized spacial score (nSPS) is 13.1. The Hall–Kier alpha value is -3.65. The van der Waals surface area contributed by atoms with E-state index in [0.717, 1.165) is 24.8 Å². The maximum atomic E-state index is 13.7. The van der Waals surface area contributed by atoms with E-state index in [1.807, 2.05) is 30.3 Å². The zero-order valence-corrected chi connectivity index (χ0v) is 28.6. The number of hydrogen-bond donors (Lipinski definition) is 1. The van der Waals surface area contributed by atoms with Gasteiger partial charge < -0.3 is 19.3 Å². The molecule has 0 heterocycles. The third-order valence-corrected chi connectivity index (χ3v) is 8.05. The van der Waals surface area contributed by atoms with Crippen LogP contribution in [0.5, 0.6) is 11.5 Å². The quantitative estimate of drug-likeness (QED) is 0.0316. The molecule has 0 aliphatic heterocycles. The van der Waals surface area contributed by atoms with Crippen molar-refractivity contribution in [3.8, 4) is 11.5 Å². The first-order valence-electron chi connectivity index (χ1n) is 16.7. The highest BCUT2D eigenvalue weighted by Gasteiger charge is 2.46. The summed E-state index contributed by atoms with van der Waals surface area (Å²) >= 11 is 0. The van der Waals surface area contributed by atoms with Crippen molar-refractivity contribution >= 4 is 20.6 Å². The van der Waals surface area contributed by atoms with Gasteiger partial charge in [0.2, 0.25) is 5.91 Å². The number of amides is 1. The molecule has 47 heavy (non-hydrogen) atoms. The minimum Gasteiger partial charge on any atom is -0.456 e. The molecule has 0 saturated heterocycles. The van der Waals surface area contributed by atoms with Crippen LogP contribution in [-0.2, 0) is 34.9 Å². The van der Waals surface area contributed by atoms with Crippen molar-refractivity contribution in [2.45, 2.75) is 102 Å². The largest absolute Gasteiger partial charge is 0.456 e. The summed E-state index contributed by atoms with van der Waals surface area (Å²) in [6.07, 6.45) is 10.8. The standard InChI is InChI=1S/C37H50NO8P/c1-2-3-4-5-6-7-8-9-15-26-34(42-30-31-20-13-10-14-21-31)29-35(39)38-37(27-28-43-47-41,44-32-22-16-11-17-23-32)36(40)46-45-33-24-18-12-19-25-33/h10-14,16-25,34H,2-9,15,26-30,47H2,1H3,(H,38,39). The van der Waals surface area contributed by atoms with Crippen LogP contribution in [0.15, 0.2) is 91.0 Å². The average Bonchev–Trinajstić information content (AvgIpc) is 3.10. The van der Waals surface area contributed by atoms with E-state index in [4.69, 9.17) is 23.8 Å². The molecule has 0 aliphatic rings. The Labute approximate surface area is 280 Å². The number of nitrogens with one attached hydrogen (secondary N) is 1. The maximum Gasteiger partial charge on any atom is 0.419 e. The molecule has 1 N–H and O–H groups in total. The van der Waals surface area contributed by atoms with E-state index >= 15 is 0 Å². The van der Waals surface area contributed by atoms with Crippen molar-refractivity contribution in [3.63, 3.8) is 0 Å². The number of hydrogen-bond acceptors (Lipinski definition) is 8. The summed E-state index contributed by atoms with van der Waals surface area (Å²) in [6.45, 7) is 2.44. The molecule has 10 heteroatoms. The van der Waals surface area contributed by atoms with Gasteiger partial charge in [-0.3, -0.25) is 14.2 Å². The second kappa shape index (κ2) is 22.8. The highest BCUT2D eigenvalue weighted by Crippen LogP contribution is 2.24. The summed E-state index contributed by atoms with van der Waals surface area (Å²) in [5.74, 6) is -0.869. The van der Waals surface area contributed by atoms with Gasteiger partial charge in [0.25, 0.3) is 5.72 Å². The van der Waals surface area contributed by atoms with E-state index in [1.165, 1.54) is 38.5 Å². The number of carbonyl (C=O) groups is 2. The number of benzene rings is 3. The molecular weight excluding hydrogens is 617 g/mol. The second-order valence-corrected chi connectivity index (χ2v) is 12.0. The third kappa shape index (κ3) is 15.2. The first-order chi connectivity index (χ1) is 23.0. The Kier molecular flexibility index (Phi) is 18.3. The van der Waals surface area contributed by atoms with Crippen molar-refractivity contribution in [2.75, 3.05) is 6.61 Å². The van der Waals surface area contributed by atoms with E-state index in [9.17, 15) is 14.2 Å². The van der Waals surface area contributed by atoms with Gasteiger partial charge in [0.1, 0.15) is 5.75 Å². The molecule has 0 bridgehead atoms. The molecule has 3 unspecified atom stereocenters. The van der Waals surface area contributed by atoms with Gasteiger partial charge in [-0.05, 0) is 36.2 Å². The van der Waals surface area contributed by atoms with Crippen molar-refractivity contribution in [1.29, 1.82) is 0 Å². The van der Waals surface area contributed by atoms with Crippen LogP contribution in [0.2, 0.25) is 0 Å². The van der Waals surface area contributed by atoms with Gasteiger partial charge in [0, 0.05) is 6.42 Å². The first kappa shape index (κ1) is 37.8. The molecule has 0 spiro atoms. The van der Waals surface area contributed by atoms with Gasteiger partial charge in [-0.2, -0.15) is 0 Å². The van der Waals surface area contributed by atoms with Crippen LogP contribution in [0.4, 0.5) is 0 Å².